The van der Waals surface area contributed by atoms with Gasteiger partial charge >= 0.3 is 6.09 Å². The zero-order valence-electron chi connectivity index (χ0n) is 10.8. The second-order valence-electron chi connectivity index (χ2n) is 5.56. The van der Waals surface area contributed by atoms with Crippen LogP contribution in [0.5, 0.6) is 0 Å². The van der Waals surface area contributed by atoms with E-state index in [1.54, 1.807) is 0 Å². The lowest BCUT2D eigenvalue weighted by molar-refractivity contribution is -0.116. The Kier molecular flexibility index (Phi) is 4.32. The summed E-state index contributed by atoms with van der Waals surface area (Å²) in [7, 11) is 0. The normalized spacial score (nSPS) is 23.5. The van der Waals surface area contributed by atoms with Crippen molar-refractivity contribution in [2.45, 2.75) is 51.7 Å². The number of carbonyl (C=O) groups is 2. The van der Waals surface area contributed by atoms with E-state index in [1.807, 2.05) is 20.8 Å². The first kappa shape index (κ1) is 13.7. The van der Waals surface area contributed by atoms with Crippen LogP contribution in [0, 0.1) is 5.92 Å². The van der Waals surface area contributed by atoms with E-state index in [0.717, 1.165) is 12.8 Å². The molecule has 17 heavy (non-hydrogen) atoms. The lowest BCUT2D eigenvalue weighted by Gasteiger charge is -2.35. The highest BCUT2D eigenvalue weighted by molar-refractivity contribution is 5.89. The fourth-order valence-electron chi connectivity index (χ4n) is 1.86. The van der Waals surface area contributed by atoms with Crippen molar-refractivity contribution >= 4 is 11.9 Å². The minimum atomic E-state index is -0.466. The molecule has 1 aliphatic rings. The van der Waals surface area contributed by atoms with Gasteiger partial charge in [-0.05, 0) is 45.6 Å². The highest BCUT2D eigenvalue weighted by Crippen LogP contribution is 2.30. The van der Waals surface area contributed by atoms with Crippen LogP contribution in [0.25, 0.3) is 0 Å². The monoisotopic (exact) mass is 239 g/mol. The Bertz CT molecular complexity index is 311. The first-order valence-electron chi connectivity index (χ1n) is 5.95. The van der Waals surface area contributed by atoms with Gasteiger partial charge in [-0.2, -0.15) is 0 Å². The predicted molar refractivity (Wildman–Crippen MR) is 65.7 cm³/mol. The van der Waals surface area contributed by atoms with Crippen molar-refractivity contribution < 1.29 is 14.3 Å². The van der Waals surface area contributed by atoms with Crippen LogP contribution in [0.2, 0.25) is 0 Å². The Morgan fingerprint density at radius 1 is 1.41 bits per heavy atom. The molecule has 1 saturated carbocycles. The van der Waals surface area contributed by atoms with Gasteiger partial charge in [-0.25, -0.2) is 4.79 Å². The highest BCUT2D eigenvalue weighted by atomic mass is 16.6. The minimum Gasteiger partial charge on any atom is -0.444 e. The Morgan fingerprint density at radius 3 is 2.47 bits per heavy atom. The van der Waals surface area contributed by atoms with Crippen molar-refractivity contribution in [1.82, 2.24) is 5.32 Å². The summed E-state index contributed by atoms with van der Waals surface area (Å²) in [6, 6.07) is 0.146. The van der Waals surface area contributed by atoms with Crippen LogP contribution in [0.3, 0.4) is 0 Å². The quantitative estimate of drug-likeness (QED) is 0.766. The molecule has 0 heterocycles. The van der Waals surface area contributed by atoms with Crippen molar-refractivity contribution in [3.8, 4) is 0 Å². The Labute approximate surface area is 102 Å². The lowest BCUT2D eigenvalue weighted by Crippen LogP contribution is -2.46. The third kappa shape index (κ3) is 5.02. The van der Waals surface area contributed by atoms with Crippen LogP contribution >= 0.6 is 0 Å². The van der Waals surface area contributed by atoms with Crippen molar-refractivity contribution in [3.63, 3.8) is 0 Å². The molecule has 1 fully saturated rings. The fourth-order valence-corrected chi connectivity index (χ4v) is 1.86. The summed E-state index contributed by atoms with van der Waals surface area (Å²) in [6.45, 7) is 8.94. The zero-order valence-corrected chi connectivity index (χ0v) is 10.8. The number of hydrogen-bond acceptors (Lipinski definition) is 3. The average Bonchev–Trinajstić information content (AvgIpc) is 2.11. The molecule has 0 bridgehead atoms. The molecule has 0 saturated heterocycles. The average molecular weight is 239 g/mol. The summed E-state index contributed by atoms with van der Waals surface area (Å²) in [5.74, 6) is 0.450. The van der Waals surface area contributed by atoms with Gasteiger partial charge in [0.05, 0.1) is 0 Å². The Balaban J connectivity index is 2.19. The number of nitrogens with one attached hydrogen (secondary N) is 1. The maximum atomic E-state index is 11.4. The Hall–Kier alpha value is -1.32. The highest BCUT2D eigenvalue weighted by Gasteiger charge is 2.32. The number of ketones is 1. The molecule has 4 heteroatoms. The molecular formula is C13H21NO3. The predicted octanol–water partition coefficient (Wildman–Crippen LogP) is 2.43. The van der Waals surface area contributed by atoms with E-state index in [1.165, 1.54) is 6.08 Å². The molecule has 1 N–H and O–H groups in total. The summed E-state index contributed by atoms with van der Waals surface area (Å²) in [5, 5.41) is 2.80. The number of ether oxygens (including phenoxy) is 1. The maximum absolute atomic E-state index is 11.4. The maximum Gasteiger partial charge on any atom is 0.407 e. The van der Waals surface area contributed by atoms with E-state index in [2.05, 4.69) is 11.9 Å². The van der Waals surface area contributed by atoms with E-state index < -0.39 is 5.60 Å². The van der Waals surface area contributed by atoms with Gasteiger partial charge in [0, 0.05) is 12.5 Å². The van der Waals surface area contributed by atoms with E-state index >= 15 is 0 Å². The second kappa shape index (κ2) is 5.34. The van der Waals surface area contributed by atoms with Gasteiger partial charge in [-0.3, -0.25) is 4.79 Å². The molecule has 1 aliphatic carbocycles. The van der Waals surface area contributed by atoms with Gasteiger partial charge < -0.3 is 10.1 Å². The first-order chi connectivity index (χ1) is 7.80. The molecule has 0 atom stereocenters. The summed E-state index contributed by atoms with van der Waals surface area (Å²) in [4.78, 5) is 22.5. The molecule has 0 unspecified atom stereocenters. The van der Waals surface area contributed by atoms with Gasteiger partial charge in [0.25, 0.3) is 0 Å². The molecular weight excluding hydrogens is 218 g/mol. The van der Waals surface area contributed by atoms with Gasteiger partial charge in [0.15, 0.2) is 5.78 Å². The summed E-state index contributed by atoms with van der Waals surface area (Å²) < 4.78 is 5.15. The van der Waals surface area contributed by atoms with E-state index in [9.17, 15) is 9.59 Å². The first-order valence-corrected chi connectivity index (χ1v) is 5.95. The minimum absolute atomic E-state index is 0.0747. The molecule has 0 aromatic rings. The summed E-state index contributed by atoms with van der Waals surface area (Å²) in [6.07, 6.45) is 3.21. The second-order valence-corrected chi connectivity index (χ2v) is 5.56. The number of alkyl carbamates (subject to hydrolysis) is 1. The summed E-state index contributed by atoms with van der Waals surface area (Å²) >= 11 is 0. The molecule has 1 amide bonds. The SMILES string of the molecule is C=CC(=O)CC1CC(NC(=O)OC(C)(C)C)C1. The molecule has 4 nitrogen and oxygen atoms in total. The molecule has 0 aromatic heterocycles. The van der Waals surface area contributed by atoms with Gasteiger partial charge in [-0.1, -0.05) is 6.58 Å². The van der Waals surface area contributed by atoms with Crippen LogP contribution < -0.4 is 5.32 Å². The largest absolute Gasteiger partial charge is 0.444 e. The smallest absolute Gasteiger partial charge is 0.407 e. The van der Waals surface area contributed by atoms with Crippen molar-refractivity contribution in [1.29, 1.82) is 0 Å². The third-order valence-corrected chi connectivity index (χ3v) is 2.67. The number of hydrogen-bond donors (Lipinski definition) is 1. The molecule has 0 spiro atoms. The fraction of sp³-hybridized carbons (Fsp3) is 0.692. The van der Waals surface area contributed by atoms with Crippen LogP contribution in [-0.2, 0) is 9.53 Å². The summed E-state index contributed by atoms with van der Waals surface area (Å²) in [5.41, 5.74) is -0.466. The van der Waals surface area contributed by atoms with Crippen LogP contribution in [0.15, 0.2) is 12.7 Å². The van der Waals surface area contributed by atoms with Gasteiger partial charge in [-0.15, -0.1) is 0 Å². The number of rotatable bonds is 4. The van der Waals surface area contributed by atoms with E-state index in [4.69, 9.17) is 4.74 Å². The number of amides is 1. The lowest BCUT2D eigenvalue weighted by atomic mass is 9.77. The van der Waals surface area contributed by atoms with Gasteiger partial charge in [0.1, 0.15) is 5.60 Å². The molecule has 1 rings (SSSR count). The van der Waals surface area contributed by atoms with Crippen LogP contribution in [0.4, 0.5) is 4.79 Å². The van der Waals surface area contributed by atoms with Crippen LogP contribution in [-0.4, -0.2) is 23.5 Å². The van der Waals surface area contributed by atoms with Gasteiger partial charge in [0.2, 0.25) is 0 Å². The molecule has 0 radical (unpaired) electrons. The molecule has 96 valence electrons. The third-order valence-electron chi connectivity index (χ3n) is 2.67. The molecule has 0 aliphatic heterocycles. The zero-order chi connectivity index (χ0) is 13.1. The topological polar surface area (TPSA) is 55.4 Å². The van der Waals surface area contributed by atoms with Crippen LogP contribution in [0.1, 0.15) is 40.0 Å². The van der Waals surface area contributed by atoms with Crippen molar-refractivity contribution in [2.75, 3.05) is 0 Å². The van der Waals surface area contributed by atoms with Crippen molar-refractivity contribution in [2.24, 2.45) is 5.92 Å². The van der Waals surface area contributed by atoms with E-state index in [0.29, 0.717) is 12.3 Å². The molecule has 0 aromatic carbocycles. The standard InChI is InChI=1S/C13H21NO3/c1-5-11(15)8-9-6-10(7-9)14-12(16)17-13(2,3)4/h5,9-10H,1,6-8H2,2-4H3,(H,14,16). The van der Waals surface area contributed by atoms with E-state index in [-0.39, 0.29) is 17.9 Å². The number of carbonyl (C=O) groups excluding carboxylic acids is 2. The Morgan fingerprint density at radius 2 is 2.00 bits per heavy atom. The van der Waals surface area contributed by atoms with Crippen molar-refractivity contribution in [3.05, 3.63) is 12.7 Å². The number of allylic oxidation sites excluding steroid dienone is 1.